The van der Waals surface area contributed by atoms with Crippen LogP contribution in [0.25, 0.3) is 0 Å². The third-order valence-electron chi connectivity index (χ3n) is 3.70. The Bertz CT molecular complexity index is 269. The number of carbonyl (C=O) groups excluding carboxylic acids is 1. The molecule has 0 aliphatic heterocycles. The van der Waals surface area contributed by atoms with Crippen LogP contribution in [0.15, 0.2) is 0 Å². The van der Waals surface area contributed by atoms with E-state index in [9.17, 15) is 4.79 Å². The first-order valence-electron chi connectivity index (χ1n) is 7.42. The summed E-state index contributed by atoms with van der Waals surface area (Å²) < 4.78 is 0. The van der Waals surface area contributed by atoms with E-state index in [-0.39, 0.29) is 5.91 Å². The summed E-state index contributed by atoms with van der Waals surface area (Å²) in [7, 11) is 0. The molecule has 4 heteroatoms. The van der Waals surface area contributed by atoms with Crippen molar-refractivity contribution in [2.45, 2.75) is 69.2 Å². The van der Waals surface area contributed by atoms with Crippen molar-refractivity contribution in [3.8, 4) is 0 Å². The Balaban J connectivity index is 1.60. The van der Waals surface area contributed by atoms with E-state index < -0.39 is 0 Å². The standard InChI is InChI=1S/C14H26N2OS/c1-2-8-15-12-4-3-5-13(9-12)18-10-14(17)16-11-6-7-11/h11-13,15H,2-10H2,1H3,(H,16,17). The van der Waals surface area contributed by atoms with Gasteiger partial charge in [-0.25, -0.2) is 0 Å². The van der Waals surface area contributed by atoms with Crippen LogP contribution in [0.2, 0.25) is 0 Å². The lowest BCUT2D eigenvalue weighted by molar-refractivity contribution is -0.118. The van der Waals surface area contributed by atoms with Crippen LogP contribution in [0.1, 0.15) is 51.9 Å². The van der Waals surface area contributed by atoms with Gasteiger partial charge >= 0.3 is 0 Å². The quantitative estimate of drug-likeness (QED) is 0.746. The maximum atomic E-state index is 11.6. The predicted octanol–water partition coefficient (Wildman–Crippen LogP) is 2.31. The van der Waals surface area contributed by atoms with Crippen LogP contribution in [0.4, 0.5) is 0 Å². The molecule has 2 unspecified atom stereocenters. The van der Waals surface area contributed by atoms with E-state index in [0.717, 1.165) is 6.54 Å². The molecule has 2 rings (SSSR count). The van der Waals surface area contributed by atoms with Gasteiger partial charge in [-0.15, -0.1) is 11.8 Å². The van der Waals surface area contributed by atoms with Gasteiger partial charge in [-0.05, 0) is 45.1 Å². The molecule has 104 valence electrons. The van der Waals surface area contributed by atoms with Gasteiger partial charge in [-0.3, -0.25) is 4.79 Å². The normalized spacial score (nSPS) is 28.1. The fourth-order valence-electron chi connectivity index (χ4n) is 2.52. The van der Waals surface area contributed by atoms with E-state index in [1.54, 1.807) is 0 Å². The van der Waals surface area contributed by atoms with Crippen LogP contribution < -0.4 is 10.6 Å². The van der Waals surface area contributed by atoms with Crippen molar-refractivity contribution >= 4 is 17.7 Å². The summed E-state index contributed by atoms with van der Waals surface area (Å²) in [5.41, 5.74) is 0. The van der Waals surface area contributed by atoms with Crippen molar-refractivity contribution in [1.29, 1.82) is 0 Å². The molecule has 18 heavy (non-hydrogen) atoms. The summed E-state index contributed by atoms with van der Waals surface area (Å²) in [5.74, 6) is 0.896. The van der Waals surface area contributed by atoms with E-state index in [1.165, 1.54) is 44.9 Å². The molecule has 1 amide bonds. The van der Waals surface area contributed by atoms with Crippen LogP contribution in [0.3, 0.4) is 0 Å². The molecule has 0 aromatic rings. The van der Waals surface area contributed by atoms with Gasteiger partial charge in [-0.2, -0.15) is 0 Å². The zero-order chi connectivity index (χ0) is 12.8. The largest absolute Gasteiger partial charge is 0.353 e. The fraction of sp³-hybridized carbons (Fsp3) is 0.929. The number of hydrogen-bond donors (Lipinski definition) is 2. The Kier molecular flexibility index (Phi) is 5.83. The third-order valence-corrected chi connectivity index (χ3v) is 5.03. The van der Waals surface area contributed by atoms with Crippen molar-refractivity contribution in [3.63, 3.8) is 0 Å². The minimum Gasteiger partial charge on any atom is -0.353 e. The second kappa shape index (κ2) is 7.39. The van der Waals surface area contributed by atoms with Gasteiger partial charge in [0.15, 0.2) is 0 Å². The monoisotopic (exact) mass is 270 g/mol. The van der Waals surface area contributed by atoms with E-state index in [4.69, 9.17) is 0 Å². The number of carbonyl (C=O) groups is 1. The molecule has 3 nitrogen and oxygen atoms in total. The SMILES string of the molecule is CCCNC1CCCC(SCC(=O)NC2CC2)C1. The number of rotatable bonds is 7. The highest BCUT2D eigenvalue weighted by Crippen LogP contribution is 2.28. The van der Waals surface area contributed by atoms with Gasteiger partial charge in [-0.1, -0.05) is 13.3 Å². The van der Waals surface area contributed by atoms with Crippen LogP contribution in [0, 0.1) is 0 Å². The molecule has 0 spiro atoms. The third kappa shape index (κ3) is 5.19. The number of hydrogen-bond acceptors (Lipinski definition) is 3. The molecule has 2 fully saturated rings. The predicted molar refractivity (Wildman–Crippen MR) is 78.0 cm³/mol. The van der Waals surface area contributed by atoms with Gasteiger partial charge in [0, 0.05) is 17.3 Å². The first-order valence-corrected chi connectivity index (χ1v) is 8.47. The summed E-state index contributed by atoms with van der Waals surface area (Å²) in [5, 5.41) is 7.36. The molecule has 2 atom stereocenters. The van der Waals surface area contributed by atoms with Crippen LogP contribution in [-0.4, -0.2) is 35.5 Å². The van der Waals surface area contributed by atoms with Crippen molar-refractivity contribution in [3.05, 3.63) is 0 Å². The average molecular weight is 270 g/mol. The highest BCUT2D eigenvalue weighted by molar-refractivity contribution is 8.00. The fourth-order valence-corrected chi connectivity index (χ4v) is 3.69. The lowest BCUT2D eigenvalue weighted by atomic mass is 9.95. The zero-order valence-corrected chi connectivity index (χ0v) is 12.2. The maximum absolute atomic E-state index is 11.6. The van der Waals surface area contributed by atoms with Crippen molar-refractivity contribution in [2.24, 2.45) is 0 Å². The summed E-state index contributed by atoms with van der Waals surface area (Å²) in [6, 6.07) is 1.19. The maximum Gasteiger partial charge on any atom is 0.230 e. The van der Waals surface area contributed by atoms with E-state index in [0.29, 0.717) is 23.1 Å². The molecule has 2 saturated carbocycles. The van der Waals surface area contributed by atoms with Gasteiger partial charge in [0.25, 0.3) is 0 Å². The lowest BCUT2D eigenvalue weighted by Gasteiger charge is -2.29. The van der Waals surface area contributed by atoms with Gasteiger partial charge in [0.05, 0.1) is 5.75 Å². The van der Waals surface area contributed by atoms with Crippen LogP contribution >= 0.6 is 11.8 Å². The summed E-state index contributed by atoms with van der Waals surface area (Å²) >= 11 is 1.86. The van der Waals surface area contributed by atoms with Gasteiger partial charge < -0.3 is 10.6 Å². The summed E-state index contributed by atoms with van der Waals surface area (Å²) in [6.45, 7) is 3.34. The number of amides is 1. The molecule has 0 heterocycles. The van der Waals surface area contributed by atoms with Crippen molar-refractivity contribution < 1.29 is 4.79 Å². The highest BCUT2D eigenvalue weighted by Gasteiger charge is 2.25. The molecular formula is C14H26N2OS. The average Bonchev–Trinajstić information content (AvgIpc) is 3.18. The zero-order valence-electron chi connectivity index (χ0n) is 11.4. The first kappa shape index (κ1) is 14.2. The van der Waals surface area contributed by atoms with E-state index in [2.05, 4.69) is 17.6 Å². The highest BCUT2D eigenvalue weighted by atomic mass is 32.2. The Morgan fingerprint density at radius 3 is 2.78 bits per heavy atom. The van der Waals surface area contributed by atoms with Gasteiger partial charge in [0.1, 0.15) is 0 Å². The Morgan fingerprint density at radius 1 is 1.22 bits per heavy atom. The van der Waals surface area contributed by atoms with E-state index in [1.807, 2.05) is 11.8 Å². The smallest absolute Gasteiger partial charge is 0.230 e. The molecule has 2 N–H and O–H groups in total. The number of nitrogens with one attached hydrogen (secondary N) is 2. The molecule has 0 radical (unpaired) electrons. The molecule has 0 aromatic heterocycles. The van der Waals surface area contributed by atoms with Crippen molar-refractivity contribution in [1.82, 2.24) is 10.6 Å². The molecular weight excluding hydrogens is 244 g/mol. The second-order valence-electron chi connectivity index (χ2n) is 5.59. The lowest BCUT2D eigenvalue weighted by Crippen LogP contribution is -2.36. The molecule has 2 aliphatic rings. The van der Waals surface area contributed by atoms with Crippen LogP contribution in [-0.2, 0) is 4.79 Å². The topological polar surface area (TPSA) is 41.1 Å². The Hall–Kier alpha value is -0.220. The van der Waals surface area contributed by atoms with Crippen molar-refractivity contribution in [2.75, 3.05) is 12.3 Å². The summed E-state index contributed by atoms with van der Waals surface area (Å²) in [4.78, 5) is 11.6. The second-order valence-corrected chi connectivity index (χ2v) is 6.88. The minimum absolute atomic E-state index is 0.242. The Labute approximate surface area is 115 Å². The molecule has 2 aliphatic carbocycles. The first-order chi connectivity index (χ1) is 8.78. The number of thioether (sulfide) groups is 1. The summed E-state index contributed by atoms with van der Waals surface area (Å²) in [6.07, 6.45) is 8.71. The Morgan fingerprint density at radius 2 is 2.06 bits per heavy atom. The van der Waals surface area contributed by atoms with Gasteiger partial charge in [0.2, 0.25) is 5.91 Å². The van der Waals surface area contributed by atoms with Crippen LogP contribution in [0.5, 0.6) is 0 Å². The van der Waals surface area contributed by atoms with E-state index >= 15 is 0 Å². The molecule has 0 bridgehead atoms. The molecule has 0 saturated heterocycles. The minimum atomic E-state index is 0.242. The molecule has 0 aromatic carbocycles.